The van der Waals surface area contributed by atoms with E-state index < -0.39 is 0 Å². The number of hydrogen-bond acceptors (Lipinski definition) is 7. The summed E-state index contributed by atoms with van der Waals surface area (Å²) >= 11 is 2.80. The Hall–Kier alpha value is -1.60. The molecule has 0 saturated heterocycles. The molecule has 0 saturated carbocycles. The highest BCUT2D eigenvalue weighted by Crippen LogP contribution is 2.33. The van der Waals surface area contributed by atoms with E-state index in [1.807, 2.05) is 0 Å². The highest BCUT2D eigenvalue weighted by atomic mass is 32.2. The Kier molecular flexibility index (Phi) is 4.16. The molecule has 0 aliphatic carbocycles. The number of esters is 1. The number of nitrogens with zero attached hydrogens (tertiary/aromatic N) is 2. The monoisotopic (exact) mass is 281 g/mol. The van der Waals surface area contributed by atoms with Crippen molar-refractivity contribution >= 4 is 34.8 Å². The Morgan fingerprint density at radius 2 is 2.39 bits per heavy atom. The lowest BCUT2D eigenvalue weighted by atomic mass is 10.2. The van der Waals surface area contributed by atoms with Gasteiger partial charge in [0.15, 0.2) is 4.34 Å². The Balaban J connectivity index is 2.24. The van der Waals surface area contributed by atoms with Gasteiger partial charge in [0.1, 0.15) is 5.51 Å². The van der Waals surface area contributed by atoms with Crippen molar-refractivity contribution in [3.63, 3.8) is 0 Å². The van der Waals surface area contributed by atoms with Gasteiger partial charge in [-0.1, -0.05) is 23.1 Å². The van der Waals surface area contributed by atoms with Crippen LogP contribution in [-0.2, 0) is 4.74 Å². The van der Waals surface area contributed by atoms with Crippen LogP contribution in [0.25, 0.3) is 0 Å². The van der Waals surface area contributed by atoms with E-state index in [2.05, 4.69) is 10.2 Å². The third-order valence-corrected chi connectivity index (χ3v) is 3.91. The summed E-state index contributed by atoms with van der Waals surface area (Å²) in [5.74, 6) is -0.350. The topological polar surface area (TPSA) is 78.1 Å². The fourth-order valence-corrected chi connectivity index (χ4v) is 2.78. The van der Waals surface area contributed by atoms with Crippen molar-refractivity contribution in [2.24, 2.45) is 0 Å². The minimum Gasteiger partial charge on any atom is -0.462 e. The molecule has 0 aliphatic rings. The maximum atomic E-state index is 11.6. The third kappa shape index (κ3) is 2.99. The van der Waals surface area contributed by atoms with E-state index >= 15 is 0 Å². The number of nitrogens with two attached hydrogens (primary N) is 1. The molecule has 0 fully saturated rings. The molecular formula is C11H11N3O2S2. The first-order chi connectivity index (χ1) is 8.70. The fraction of sp³-hybridized carbons (Fsp3) is 0.182. The van der Waals surface area contributed by atoms with Crippen molar-refractivity contribution in [3.05, 3.63) is 29.3 Å². The second kappa shape index (κ2) is 5.83. The standard InChI is InChI=1S/C11H11N3O2S2/c1-2-16-10(15)7-3-4-8(12)9(5-7)18-11-14-13-6-17-11/h3-6H,2,12H2,1H3. The van der Waals surface area contributed by atoms with E-state index in [1.54, 1.807) is 30.6 Å². The lowest BCUT2D eigenvalue weighted by Gasteiger charge is -2.06. The van der Waals surface area contributed by atoms with Crippen LogP contribution in [0, 0.1) is 0 Å². The zero-order chi connectivity index (χ0) is 13.0. The first-order valence-corrected chi connectivity index (χ1v) is 6.91. The molecule has 94 valence electrons. The first-order valence-electron chi connectivity index (χ1n) is 5.21. The second-order valence-corrected chi connectivity index (χ2v) is 5.40. The van der Waals surface area contributed by atoms with Crippen molar-refractivity contribution in [1.82, 2.24) is 10.2 Å². The van der Waals surface area contributed by atoms with E-state index in [1.165, 1.54) is 23.1 Å². The number of ether oxygens (including phenoxy) is 1. The van der Waals surface area contributed by atoms with Crippen molar-refractivity contribution < 1.29 is 9.53 Å². The van der Waals surface area contributed by atoms with E-state index in [0.29, 0.717) is 17.9 Å². The summed E-state index contributed by atoms with van der Waals surface area (Å²) in [5.41, 5.74) is 8.59. The molecule has 2 rings (SSSR count). The van der Waals surface area contributed by atoms with Gasteiger partial charge < -0.3 is 10.5 Å². The molecule has 1 aromatic heterocycles. The van der Waals surface area contributed by atoms with Crippen molar-refractivity contribution in [1.29, 1.82) is 0 Å². The summed E-state index contributed by atoms with van der Waals surface area (Å²) in [6.07, 6.45) is 0. The van der Waals surface area contributed by atoms with Gasteiger partial charge in [0, 0.05) is 10.6 Å². The van der Waals surface area contributed by atoms with Crippen LogP contribution >= 0.6 is 23.1 Å². The molecule has 0 unspecified atom stereocenters. The van der Waals surface area contributed by atoms with E-state index in [0.717, 1.165) is 9.24 Å². The lowest BCUT2D eigenvalue weighted by molar-refractivity contribution is 0.0526. The predicted octanol–water partition coefficient (Wildman–Crippen LogP) is 2.45. The Morgan fingerprint density at radius 1 is 1.56 bits per heavy atom. The Labute approximate surface area is 112 Å². The van der Waals surface area contributed by atoms with Gasteiger partial charge in [-0.05, 0) is 25.1 Å². The van der Waals surface area contributed by atoms with Crippen LogP contribution in [0.1, 0.15) is 17.3 Å². The Bertz CT molecular complexity index is 543. The molecule has 7 heteroatoms. The zero-order valence-electron chi connectivity index (χ0n) is 9.62. The van der Waals surface area contributed by atoms with E-state index in [-0.39, 0.29) is 5.97 Å². The maximum Gasteiger partial charge on any atom is 0.338 e. The number of benzene rings is 1. The minimum absolute atomic E-state index is 0.349. The highest BCUT2D eigenvalue weighted by molar-refractivity contribution is 8.01. The molecule has 0 aliphatic heterocycles. The Morgan fingerprint density at radius 3 is 3.06 bits per heavy atom. The van der Waals surface area contributed by atoms with E-state index in [9.17, 15) is 4.79 Å². The molecule has 1 aromatic carbocycles. The van der Waals surface area contributed by atoms with Gasteiger partial charge in [0.2, 0.25) is 0 Å². The SMILES string of the molecule is CCOC(=O)c1ccc(N)c(Sc2nncs2)c1. The summed E-state index contributed by atoms with van der Waals surface area (Å²) in [6, 6.07) is 5.05. The molecule has 2 aromatic rings. The number of anilines is 1. The van der Waals surface area contributed by atoms with Gasteiger partial charge in [-0.3, -0.25) is 0 Å². The zero-order valence-corrected chi connectivity index (χ0v) is 11.3. The van der Waals surface area contributed by atoms with Crippen LogP contribution in [0.4, 0.5) is 5.69 Å². The maximum absolute atomic E-state index is 11.6. The second-order valence-electron chi connectivity index (χ2n) is 3.28. The molecule has 0 amide bonds. The van der Waals surface area contributed by atoms with Gasteiger partial charge >= 0.3 is 5.97 Å². The summed E-state index contributed by atoms with van der Waals surface area (Å²) in [5, 5.41) is 7.67. The van der Waals surface area contributed by atoms with Gasteiger partial charge in [-0.25, -0.2) is 4.79 Å². The quantitative estimate of drug-likeness (QED) is 0.685. The van der Waals surface area contributed by atoms with Gasteiger partial charge in [0.05, 0.1) is 12.2 Å². The molecule has 0 radical (unpaired) electrons. The van der Waals surface area contributed by atoms with Crippen molar-refractivity contribution in [2.45, 2.75) is 16.2 Å². The normalized spacial score (nSPS) is 10.3. The number of aromatic nitrogens is 2. The number of nitrogen functional groups attached to an aromatic ring is 1. The van der Waals surface area contributed by atoms with Crippen LogP contribution < -0.4 is 5.73 Å². The summed E-state index contributed by atoms with van der Waals surface area (Å²) < 4.78 is 5.72. The molecule has 18 heavy (non-hydrogen) atoms. The van der Waals surface area contributed by atoms with Crippen molar-refractivity contribution in [3.8, 4) is 0 Å². The molecule has 0 atom stereocenters. The molecule has 2 N–H and O–H groups in total. The number of hydrogen-bond donors (Lipinski definition) is 1. The molecular weight excluding hydrogens is 270 g/mol. The lowest BCUT2D eigenvalue weighted by Crippen LogP contribution is -2.05. The minimum atomic E-state index is -0.350. The number of carbonyl (C=O) groups excluding carboxylic acids is 1. The molecule has 0 spiro atoms. The van der Waals surface area contributed by atoms with Gasteiger partial charge in [0.25, 0.3) is 0 Å². The van der Waals surface area contributed by atoms with Crippen LogP contribution in [0.5, 0.6) is 0 Å². The average Bonchev–Trinajstić information content (AvgIpc) is 2.85. The third-order valence-electron chi connectivity index (χ3n) is 2.06. The number of carbonyl (C=O) groups is 1. The molecule has 0 bridgehead atoms. The fourth-order valence-electron chi connectivity index (χ4n) is 1.27. The highest BCUT2D eigenvalue weighted by Gasteiger charge is 2.11. The first kappa shape index (κ1) is 12.8. The van der Waals surface area contributed by atoms with Gasteiger partial charge in [-0.2, -0.15) is 0 Å². The summed E-state index contributed by atoms with van der Waals surface area (Å²) in [6.45, 7) is 2.12. The predicted molar refractivity (Wildman–Crippen MR) is 70.8 cm³/mol. The largest absolute Gasteiger partial charge is 0.462 e. The van der Waals surface area contributed by atoms with Crippen molar-refractivity contribution in [2.75, 3.05) is 12.3 Å². The molecule has 5 nitrogen and oxygen atoms in total. The summed E-state index contributed by atoms with van der Waals surface area (Å²) in [4.78, 5) is 12.4. The van der Waals surface area contributed by atoms with Crippen LogP contribution in [0.15, 0.2) is 32.9 Å². The van der Waals surface area contributed by atoms with Gasteiger partial charge in [-0.15, -0.1) is 10.2 Å². The van der Waals surface area contributed by atoms with E-state index in [4.69, 9.17) is 10.5 Å². The summed E-state index contributed by atoms with van der Waals surface area (Å²) in [7, 11) is 0. The van der Waals surface area contributed by atoms with Crippen LogP contribution in [0.3, 0.4) is 0 Å². The number of rotatable bonds is 4. The van der Waals surface area contributed by atoms with Crippen LogP contribution in [0.2, 0.25) is 0 Å². The average molecular weight is 281 g/mol. The van der Waals surface area contributed by atoms with Crippen LogP contribution in [-0.4, -0.2) is 22.8 Å². The smallest absolute Gasteiger partial charge is 0.338 e. The molecule has 1 heterocycles.